The lowest BCUT2D eigenvalue weighted by Crippen LogP contribution is -2.20. The third kappa shape index (κ3) is 2.87. The van der Waals surface area contributed by atoms with Gasteiger partial charge in [0.2, 0.25) is 0 Å². The molecular weight excluding hydrogens is 162 g/mol. The van der Waals surface area contributed by atoms with Crippen molar-refractivity contribution >= 4 is 5.71 Å². The maximum absolute atomic E-state index is 5.33. The van der Waals surface area contributed by atoms with Crippen molar-refractivity contribution in [3.8, 4) is 0 Å². The van der Waals surface area contributed by atoms with Gasteiger partial charge in [0, 0.05) is 11.8 Å². The smallest absolute Gasteiger partial charge is 0.133 e. The molecule has 0 aliphatic carbocycles. The Kier molecular flexibility index (Phi) is 3.12. The van der Waals surface area contributed by atoms with Crippen molar-refractivity contribution in [1.82, 2.24) is 0 Å². The van der Waals surface area contributed by atoms with Gasteiger partial charge in [-0.1, -0.05) is 32.0 Å². The third-order valence-electron chi connectivity index (χ3n) is 2.29. The van der Waals surface area contributed by atoms with Crippen LogP contribution in [-0.2, 0) is 4.84 Å². The van der Waals surface area contributed by atoms with Crippen molar-refractivity contribution in [3.05, 3.63) is 12.7 Å². The maximum atomic E-state index is 5.33. The highest BCUT2D eigenvalue weighted by Gasteiger charge is 2.28. The summed E-state index contributed by atoms with van der Waals surface area (Å²) in [7, 11) is 0. The molecule has 0 aromatic rings. The first-order valence-electron chi connectivity index (χ1n) is 4.88. The van der Waals surface area contributed by atoms with Crippen LogP contribution in [0, 0.1) is 5.41 Å². The maximum Gasteiger partial charge on any atom is 0.133 e. The lowest BCUT2D eigenvalue weighted by Gasteiger charge is -2.16. The van der Waals surface area contributed by atoms with Crippen LogP contribution in [-0.4, -0.2) is 11.8 Å². The highest BCUT2D eigenvalue weighted by molar-refractivity contribution is 5.90. The minimum absolute atomic E-state index is 0.156. The molecule has 2 nitrogen and oxygen atoms in total. The molecular formula is C11H19NO. The van der Waals surface area contributed by atoms with E-state index in [1.165, 1.54) is 5.71 Å². The number of hydrogen-bond acceptors (Lipinski definition) is 2. The van der Waals surface area contributed by atoms with E-state index in [-0.39, 0.29) is 11.5 Å². The Morgan fingerprint density at radius 1 is 1.62 bits per heavy atom. The van der Waals surface area contributed by atoms with Crippen LogP contribution in [0.5, 0.6) is 0 Å². The molecule has 0 spiro atoms. The average molecular weight is 181 g/mol. The molecule has 0 aromatic carbocycles. The number of rotatable bonds is 3. The van der Waals surface area contributed by atoms with E-state index in [1.807, 2.05) is 6.08 Å². The van der Waals surface area contributed by atoms with Gasteiger partial charge in [0.25, 0.3) is 0 Å². The number of hydrogen-bond donors (Lipinski definition) is 0. The molecule has 2 heteroatoms. The van der Waals surface area contributed by atoms with Gasteiger partial charge in [0.1, 0.15) is 6.10 Å². The van der Waals surface area contributed by atoms with Crippen molar-refractivity contribution in [2.45, 2.75) is 46.1 Å². The van der Waals surface area contributed by atoms with Crippen LogP contribution >= 0.6 is 0 Å². The van der Waals surface area contributed by atoms with Gasteiger partial charge >= 0.3 is 0 Å². The Balaban J connectivity index is 2.38. The highest BCUT2D eigenvalue weighted by Crippen LogP contribution is 2.26. The summed E-state index contributed by atoms with van der Waals surface area (Å²) in [4.78, 5) is 5.33. The molecule has 0 bridgehead atoms. The Morgan fingerprint density at radius 3 is 2.77 bits per heavy atom. The zero-order valence-corrected chi connectivity index (χ0v) is 8.84. The van der Waals surface area contributed by atoms with E-state index >= 15 is 0 Å². The van der Waals surface area contributed by atoms with Gasteiger partial charge in [-0.15, -0.1) is 6.58 Å². The second-order valence-corrected chi connectivity index (χ2v) is 4.59. The van der Waals surface area contributed by atoms with Gasteiger partial charge in [0.05, 0.1) is 5.71 Å². The van der Waals surface area contributed by atoms with Gasteiger partial charge in [-0.05, 0) is 12.8 Å². The fraction of sp³-hybridized carbons (Fsp3) is 0.727. The SMILES string of the molecule is C=CCCC1CC(C(C)(C)C)=NO1. The van der Waals surface area contributed by atoms with E-state index in [1.54, 1.807) is 0 Å². The predicted molar refractivity (Wildman–Crippen MR) is 55.8 cm³/mol. The molecule has 1 aliphatic heterocycles. The van der Waals surface area contributed by atoms with Crippen LogP contribution in [0.25, 0.3) is 0 Å². The first-order chi connectivity index (χ1) is 6.04. The van der Waals surface area contributed by atoms with Gasteiger partial charge in [-0.2, -0.15) is 0 Å². The van der Waals surface area contributed by atoms with Crippen molar-refractivity contribution in [2.24, 2.45) is 10.6 Å². The van der Waals surface area contributed by atoms with E-state index in [9.17, 15) is 0 Å². The summed E-state index contributed by atoms with van der Waals surface area (Å²) < 4.78 is 0. The lowest BCUT2D eigenvalue weighted by molar-refractivity contribution is 0.0798. The number of oxime groups is 1. The van der Waals surface area contributed by atoms with Crippen LogP contribution in [0.15, 0.2) is 17.8 Å². The molecule has 13 heavy (non-hydrogen) atoms. The molecule has 1 heterocycles. The van der Waals surface area contributed by atoms with Crippen LogP contribution in [0.4, 0.5) is 0 Å². The summed E-state index contributed by atoms with van der Waals surface area (Å²) in [6.45, 7) is 10.2. The standard InChI is InChI=1S/C11H19NO/c1-5-6-7-9-8-10(12-13-9)11(2,3)4/h5,9H,1,6-8H2,2-4H3. The number of allylic oxidation sites excluding steroid dienone is 1. The van der Waals surface area contributed by atoms with Gasteiger partial charge in [0.15, 0.2) is 0 Å². The molecule has 1 aliphatic rings. The minimum Gasteiger partial charge on any atom is -0.392 e. The molecule has 74 valence electrons. The normalized spacial score (nSPS) is 22.4. The van der Waals surface area contributed by atoms with E-state index in [4.69, 9.17) is 4.84 Å². The molecule has 0 saturated carbocycles. The Bertz CT molecular complexity index is 213. The third-order valence-corrected chi connectivity index (χ3v) is 2.29. The second-order valence-electron chi connectivity index (χ2n) is 4.59. The highest BCUT2D eigenvalue weighted by atomic mass is 16.6. The van der Waals surface area contributed by atoms with Crippen LogP contribution in [0.3, 0.4) is 0 Å². The summed E-state index contributed by atoms with van der Waals surface area (Å²) in [6.07, 6.45) is 5.24. The molecule has 0 amide bonds. The fourth-order valence-corrected chi connectivity index (χ4v) is 1.33. The molecule has 0 N–H and O–H groups in total. The van der Waals surface area contributed by atoms with E-state index in [2.05, 4.69) is 32.5 Å². The molecule has 0 radical (unpaired) electrons. The Morgan fingerprint density at radius 2 is 2.31 bits per heavy atom. The average Bonchev–Trinajstić information content (AvgIpc) is 2.47. The zero-order valence-electron chi connectivity index (χ0n) is 8.84. The summed E-state index contributed by atoms with van der Waals surface area (Å²) in [5.74, 6) is 0. The van der Waals surface area contributed by atoms with Crippen molar-refractivity contribution in [2.75, 3.05) is 0 Å². The van der Waals surface area contributed by atoms with E-state index < -0.39 is 0 Å². The largest absolute Gasteiger partial charge is 0.392 e. The van der Waals surface area contributed by atoms with E-state index in [0.717, 1.165) is 19.3 Å². The van der Waals surface area contributed by atoms with Gasteiger partial charge in [-0.3, -0.25) is 0 Å². The van der Waals surface area contributed by atoms with Crippen molar-refractivity contribution in [3.63, 3.8) is 0 Å². The predicted octanol–water partition coefficient (Wildman–Crippen LogP) is 3.14. The summed E-state index contributed by atoms with van der Waals surface area (Å²) in [5.41, 5.74) is 1.34. The summed E-state index contributed by atoms with van der Waals surface area (Å²) in [6, 6.07) is 0. The van der Waals surface area contributed by atoms with Gasteiger partial charge in [-0.25, -0.2) is 0 Å². The first-order valence-corrected chi connectivity index (χ1v) is 4.88. The molecule has 1 unspecified atom stereocenters. The first kappa shape index (κ1) is 10.3. The molecule has 0 fully saturated rings. The summed E-state index contributed by atoms with van der Waals surface area (Å²) in [5, 5.41) is 4.12. The molecule has 1 rings (SSSR count). The summed E-state index contributed by atoms with van der Waals surface area (Å²) >= 11 is 0. The fourth-order valence-electron chi connectivity index (χ4n) is 1.33. The van der Waals surface area contributed by atoms with E-state index in [0.29, 0.717) is 0 Å². The number of nitrogens with zero attached hydrogens (tertiary/aromatic N) is 1. The van der Waals surface area contributed by atoms with Crippen LogP contribution in [0.2, 0.25) is 0 Å². The molecule has 0 saturated heterocycles. The second kappa shape index (κ2) is 3.95. The van der Waals surface area contributed by atoms with Crippen LogP contribution in [0.1, 0.15) is 40.0 Å². The molecule has 1 atom stereocenters. The Labute approximate surface area is 80.7 Å². The topological polar surface area (TPSA) is 21.6 Å². The minimum atomic E-state index is 0.156. The quantitative estimate of drug-likeness (QED) is 0.613. The van der Waals surface area contributed by atoms with Gasteiger partial charge < -0.3 is 4.84 Å². The van der Waals surface area contributed by atoms with Crippen LogP contribution < -0.4 is 0 Å². The Hall–Kier alpha value is -0.790. The zero-order chi connectivity index (χ0) is 9.90. The monoisotopic (exact) mass is 181 g/mol. The lowest BCUT2D eigenvalue weighted by atomic mass is 9.87. The van der Waals surface area contributed by atoms with Crippen molar-refractivity contribution < 1.29 is 4.84 Å². The molecule has 0 aromatic heterocycles. The van der Waals surface area contributed by atoms with Crippen molar-refractivity contribution in [1.29, 1.82) is 0 Å².